The highest BCUT2D eigenvalue weighted by atomic mass is 32.1. The second-order valence-corrected chi connectivity index (χ2v) is 8.38. The summed E-state index contributed by atoms with van der Waals surface area (Å²) in [7, 11) is 0. The van der Waals surface area contributed by atoms with Gasteiger partial charge in [-0.15, -0.1) is 16.4 Å². The van der Waals surface area contributed by atoms with Crippen LogP contribution in [0.1, 0.15) is 32.9 Å². The lowest BCUT2D eigenvalue weighted by Gasteiger charge is -2.17. The first kappa shape index (κ1) is 20.1. The largest absolute Gasteiger partial charge is 0.445 e. The molecule has 0 radical (unpaired) electrons. The minimum atomic E-state index is -0.485. The molecule has 3 heterocycles. The van der Waals surface area contributed by atoms with Gasteiger partial charge >= 0.3 is 6.09 Å². The third-order valence-electron chi connectivity index (χ3n) is 5.34. The topological polar surface area (TPSA) is 110 Å². The van der Waals surface area contributed by atoms with Crippen molar-refractivity contribution in [3.63, 3.8) is 0 Å². The van der Waals surface area contributed by atoms with Crippen LogP contribution in [-0.4, -0.2) is 46.2 Å². The first-order valence-electron chi connectivity index (χ1n) is 9.72. The standard InChI is InChI=1S/C21H23N5O3S/c1-12-13(2)24-25-19-16(12)17(22)18(30-19)20(27)26-9-8-15(10-26)23-21(28)29-11-14-6-4-3-5-7-14/h3-7,15H,8-11,22H2,1-2H3,(H,23,28). The van der Waals surface area contributed by atoms with Gasteiger partial charge in [0, 0.05) is 18.5 Å². The molecule has 8 nitrogen and oxygen atoms in total. The van der Waals surface area contributed by atoms with E-state index in [1.165, 1.54) is 11.3 Å². The number of nitrogens with one attached hydrogen (secondary N) is 1. The molecular weight excluding hydrogens is 402 g/mol. The summed E-state index contributed by atoms with van der Waals surface area (Å²) in [4.78, 5) is 28.0. The van der Waals surface area contributed by atoms with Crippen LogP contribution in [0.25, 0.3) is 10.2 Å². The van der Waals surface area contributed by atoms with Gasteiger partial charge in [0.2, 0.25) is 0 Å². The predicted molar refractivity (Wildman–Crippen MR) is 115 cm³/mol. The average molecular weight is 426 g/mol. The number of ether oxygens (including phenoxy) is 1. The van der Waals surface area contributed by atoms with Gasteiger partial charge in [-0.3, -0.25) is 4.79 Å². The van der Waals surface area contributed by atoms with Gasteiger partial charge in [0.1, 0.15) is 16.3 Å². The lowest BCUT2D eigenvalue weighted by Crippen LogP contribution is -2.38. The summed E-state index contributed by atoms with van der Waals surface area (Å²) in [5.41, 5.74) is 9.40. The molecule has 1 unspecified atom stereocenters. The molecule has 3 N–H and O–H groups in total. The van der Waals surface area contributed by atoms with Gasteiger partial charge in [-0.2, -0.15) is 5.10 Å². The maximum absolute atomic E-state index is 13.0. The number of aryl methyl sites for hydroxylation is 2. The number of thiophene rings is 1. The Kier molecular flexibility index (Phi) is 5.54. The van der Waals surface area contributed by atoms with Crippen molar-refractivity contribution in [2.24, 2.45) is 0 Å². The number of rotatable bonds is 4. The van der Waals surface area contributed by atoms with Crippen molar-refractivity contribution in [2.45, 2.75) is 32.9 Å². The van der Waals surface area contributed by atoms with E-state index in [1.807, 2.05) is 44.2 Å². The van der Waals surface area contributed by atoms with Crippen molar-refractivity contribution in [1.82, 2.24) is 20.4 Å². The molecule has 0 aliphatic carbocycles. The van der Waals surface area contributed by atoms with Crippen LogP contribution in [0.3, 0.4) is 0 Å². The van der Waals surface area contributed by atoms with Gasteiger partial charge in [0.25, 0.3) is 5.91 Å². The molecule has 1 saturated heterocycles. The van der Waals surface area contributed by atoms with Gasteiger partial charge in [-0.1, -0.05) is 30.3 Å². The molecule has 4 rings (SSSR count). The molecule has 2 amide bonds. The van der Waals surface area contributed by atoms with Crippen LogP contribution in [0.2, 0.25) is 0 Å². The third kappa shape index (κ3) is 3.93. The summed E-state index contributed by atoms with van der Waals surface area (Å²) < 4.78 is 5.27. The summed E-state index contributed by atoms with van der Waals surface area (Å²) >= 11 is 1.26. The molecule has 1 aliphatic heterocycles. The highest BCUT2D eigenvalue weighted by Gasteiger charge is 2.31. The molecule has 3 aromatic rings. The second kappa shape index (κ2) is 8.27. The summed E-state index contributed by atoms with van der Waals surface area (Å²) in [5.74, 6) is -0.144. The van der Waals surface area contributed by atoms with E-state index in [-0.39, 0.29) is 18.6 Å². The van der Waals surface area contributed by atoms with Crippen molar-refractivity contribution >= 4 is 39.2 Å². The smallest absolute Gasteiger partial charge is 0.407 e. The number of amides is 2. The zero-order chi connectivity index (χ0) is 21.3. The van der Waals surface area contributed by atoms with Crippen molar-refractivity contribution < 1.29 is 14.3 Å². The van der Waals surface area contributed by atoms with E-state index in [1.54, 1.807) is 4.90 Å². The van der Waals surface area contributed by atoms with Gasteiger partial charge in [-0.05, 0) is 31.4 Å². The molecule has 1 aromatic carbocycles. The number of anilines is 1. The van der Waals surface area contributed by atoms with Crippen LogP contribution in [-0.2, 0) is 11.3 Å². The fourth-order valence-corrected chi connectivity index (χ4v) is 4.61. The molecule has 30 heavy (non-hydrogen) atoms. The Bertz CT molecular complexity index is 1100. The lowest BCUT2D eigenvalue weighted by atomic mass is 10.1. The Morgan fingerprint density at radius 2 is 2.03 bits per heavy atom. The highest BCUT2D eigenvalue weighted by Crippen LogP contribution is 2.36. The first-order chi connectivity index (χ1) is 14.4. The van der Waals surface area contributed by atoms with Crippen molar-refractivity contribution in [3.05, 3.63) is 52.0 Å². The monoisotopic (exact) mass is 425 g/mol. The minimum Gasteiger partial charge on any atom is -0.445 e. The summed E-state index contributed by atoms with van der Waals surface area (Å²) in [6.45, 7) is 4.96. The number of likely N-dealkylation sites (tertiary alicyclic amines) is 1. The van der Waals surface area contributed by atoms with Gasteiger partial charge in [0.05, 0.1) is 17.4 Å². The van der Waals surface area contributed by atoms with E-state index in [9.17, 15) is 9.59 Å². The molecule has 1 aliphatic rings. The van der Waals surface area contributed by atoms with Crippen LogP contribution < -0.4 is 11.1 Å². The molecular formula is C21H23N5O3S. The highest BCUT2D eigenvalue weighted by molar-refractivity contribution is 7.21. The van der Waals surface area contributed by atoms with Crippen LogP contribution in [0.5, 0.6) is 0 Å². The molecule has 2 aromatic heterocycles. The Labute approximate surface area is 178 Å². The SMILES string of the molecule is Cc1nnc2sc(C(=O)N3CCC(NC(=O)OCc4ccccc4)C3)c(N)c2c1C. The van der Waals surface area contributed by atoms with E-state index < -0.39 is 6.09 Å². The lowest BCUT2D eigenvalue weighted by molar-refractivity contribution is 0.0792. The Morgan fingerprint density at radius 3 is 2.80 bits per heavy atom. The van der Waals surface area contributed by atoms with Gasteiger partial charge in [0.15, 0.2) is 0 Å². The van der Waals surface area contributed by atoms with Gasteiger partial charge in [-0.25, -0.2) is 4.79 Å². The number of alkyl carbamates (subject to hydrolysis) is 1. The number of nitrogen functional groups attached to an aromatic ring is 1. The second-order valence-electron chi connectivity index (χ2n) is 7.38. The molecule has 156 valence electrons. The average Bonchev–Trinajstić information content (AvgIpc) is 3.34. The predicted octanol–water partition coefficient (Wildman–Crippen LogP) is 3.03. The number of carbonyl (C=O) groups is 2. The van der Waals surface area contributed by atoms with E-state index in [0.717, 1.165) is 22.2 Å². The molecule has 0 saturated carbocycles. The number of hydrogen-bond donors (Lipinski definition) is 2. The number of hydrogen-bond acceptors (Lipinski definition) is 7. The van der Waals surface area contributed by atoms with Gasteiger partial charge < -0.3 is 20.7 Å². The maximum atomic E-state index is 13.0. The van der Waals surface area contributed by atoms with Crippen molar-refractivity contribution in [3.8, 4) is 0 Å². The number of carbonyl (C=O) groups excluding carboxylic acids is 2. The van der Waals surface area contributed by atoms with E-state index in [4.69, 9.17) is 10.5 Å². The number of fused-ring (bicyclic) bond motifs is 1. The molecule has 1 fully saturated rings. The normalized spacial score (nSPS) is 16.1. The van der Waals surface area contributed by atoms with E-state index in [2.05, 4.69) is 15.5 Å². The third-order valence-corrected chi connectivity index (χ3v) is 6.42. The number of nitrogens with zero attached hydrogens (tertiary/aromatic N) is 3. The Balaban J connectivity index is 1.38. The Morgan fingerprint density at radius 1 is 1.27 bits per heavy atom. The minimum absolute atomic E-state index is 0.144. The number of aromatic nitrogens is 2. The number of nitrogens with two attached hydrogens (primary N) is 1. The maximum Gasteiger partial charge on any atom is 0.407 e. The molecule has 9 heteroatoms. The van der Waals surface area contributed by atoms with Crippen LogP contribution in [0, 0.1) is 13.8 Å². The van der Waals surface area contributed by atoms with Crippen molar-refractivity contribution in [1.29, 1.82) is 0 Å². The summed E-state index contributed by atoms with van der Waals surface area (Å²) in [6.07, 6.45) is 0.176. The molecule has 1 atom stereocenters. The van der Waals surface area contributed by atoms with E-state index in [0.29, 0.717) is 34.9 Å². The number of benzene rings is 1. The van der Waals surface area contributed by atoms with Crippen molar-refractivity contribution in [2.75, 3.05) is 18.8 Å². The Hall–Kier alpha value is -3.20. The zero-order valence-electron chi connectivity index (χ0n) is 16.8. The summed E-state index contributed by atoms with van der Waals surface area (Å²) in [5, 5.41) is 11.9. The molecule has 0 spiro atoms. The van der Waals surface area contributed by atoms with E-state index >= 15 is 0 Å². The first-order valence-corrected chi connectivity index (χ1v) is 10.5. The summed E-state index contributed by atoms with van der Waals surface area (Å²) in [6, 6.07) is 9.33. The zero-order valence-corrected chi connectivity index (χ0v) is 17.7. The van der Waals surface area contributed by atoms with Crippen LogP contribution >= 0.6 is 11.3 Å². The fraction of sp³-hybridized carbons (Fsp3) is 0.333. The quantitative estimate of drug-likeness (QED) is 0.665. The molecule has 0 bridgehead atoms. The fourth-order valence-electron chi connectivity index (χ4n) is 3.54. The van der Waals surface area contributed by atoms with Crippen LogP contribution in [0.4, 0.5) is 10.5 Å². The van der Waals surface area contributed by atoms with Crippen LogP contribution in [0.15, 0.2) is 30.3 Å².